The minimum absolute atomic E-state index is 0.520. The van der Waals surface area contributed by atoms with Gasteiger partial charge in [0.15, 0.2) is 0 Å². The standard InChI is InChI=1S/C9H10N4O3/c10-7(14)12-9(16)13-8(15)11-6-4-2-1-3-5-6/h1-5H,(H5,10,11,12,13,14,15,16). The fourth-order valence-corrected chi connectivity index (χ4v) is 0.930. The molecule has 7 heteroatoms. The lowest BCUT2D eigenvalue weighted by molar-refractivity contribution is 0.228. The highest BCUT2D eigenvalue weighted by Crippen LogP contribution is 2.03. The van der Waals surface area contributed by atoms with Crippen LogP contribution in [-0.4, -0.2) is 18.1 Å². The zero-order valence-corrected chi connectivity index (χ0v) is 8.19. The van der Waals surface area contributed by atoms with Crippen LogP contribution in [0.3, 0.4) is 0 Å². The second-order valence-electron chi connectivity index (χ2n) is 2.76. The Morgan fingerprint density at radius 3 is 2.12 bits per heavy atom. The van der Waals surface area contributed by atoms with Crippen LogP contribution in [0.1, 0.15) is 0 Å². The predicted octanol–water partition coefficient (Wildman–Crippen LogP) is 0.596. The second kappa shape index (κ2) is 5.35. The van der Waals surface area contributed by atoms with Crippen molar-refractivity contribution < 1.29 is 14.4 Å². The molecule has 0 radical (unpaired) electrons. The zero-order valence-electron chi connectivity index (χ0n) is 8.19. The van der Waals surface area contributed by atoms with Crippen LogP contribution in [0.4, 0.5) is 20.1 Å². The number of carbonyl (C=O) groups excluding carboxylic acids is 3. The maximum absolute atomic E-state index is 11.2. The van der Waals surface area contributed by atoms with Crippen LogP contribution in [0.5, 0.6) is 0 Å². The number of primary amides is 1. The van der Waals surface area contributed by atoms with Crippen molar-refractivity contribution in [1.29, 1.82) is 0 Å². The summed E-state index contributed by atoms with van der Waals surface area (Å²) in [5.74, 6) is 0. The maximum Gasteiger partial charge on any atom is 0.330 e. The van der Waals surface area contributed by atoms with E-state index in [1.807, 2.05) is 5.32 Å². The predicted molar refractivity (Wildman–Crippen MR) is 56.7 cm³/mol. The average molecular weight is 222 g/mol. The van der Waals surface area contributed by atoms with E-state index in [-0.39, 0.29) is 0 Å². The number of anilines is 1. The van der Waals surface area contributed by atoms with Crippen LogP contribution >= 0.6 is 0 Å². The Bertz CT molecular complexity index is 404. The fraction of sp³-hybridized carbons (Fsp3) is 0. The van der Waals surface area contributed by atoms with Gasteiger partial charge in [0.1, 0.15) is 0 Å². The first-order valence-corrected chi connectivity index (χ1v) is 4.31. The SMILES string of the molecule is NC(=O)NC(=O)NC(=O)Nc1ccccc1. The maximum atomic E-state index is 11.2. The molecule has 0 saturated carbocycles. The van der Waals surface area contributed by atoms with Gasteiger partial charge in [-0.15, -0.1) is 0 Å². The molecule has 5 N–H and O–H groups in total. The Kier molecular flexibility index (Phi) is 3.84. The summed E-state index contributed by atoms with van der Waals surface area (Å²) in [4.78, 5) is 32.3. The van der Waals surface area contributed by atoms with Crippen molar-refractivity contribution in [3.05, 3.63) is 30.3 Å². The average Bonchev–Trinajstić information content (AvgIpc) is 2.17. The van der Waals surface area contributed by atoms with Gasteiger partial charge in [-0.3, -0.25) is 10.6 Å². The summed E-state index contributed by atoms with van der Waals surface area (Å²) in [5.41, 5.74) is 5.20. The largest absolute Gasteiger partial charge is 0.351 e. The number of carbonyl (C=O) groups is 3. The van der Waals surface area contributed by atoms with Gasteiger partial charge >= 0.3 is 18.1 Å². The molecule has 0 unspecified atom stereocenters. The number of nitrogens with two attached hydrogens (primary N) is 1. The van der Waals surface area contributed by atoms with E-state index in [0.717, 1.165) is 0 Å². The molecule has 1 aromatic carbocycles. The highest BCUT2D eigenvalue weighted by molar-refractivity contribution is 6.04. The molecule has 0 atom stereocenters. The summed E-state index contributed by atoms with van der Waals surface area (Å²) < 4.78 is 0. The number of urea groups is 3. The summed E-state index contributed by atoms with van der Waals surface area (Å²) in [6, 6.07) is 5.73. The number of nitrogens with one attached hydrogen (secondary N) is 3. The molecule has 7 nitrogen and oxygen atoms in total. The Balaban J connectivity index is 2.42. The number of hydrogen-bond donors (Lipinski definition) is 4. The highest BCUT2D eigenvalue weighted by atomic mass is 16.2. The van der Waals surface area contributed by atoms with Crippen molar-refractivity contribution >= 4 is 23.8 Å². The molecule has 0 spiro atoms. The highest BCUT2D eigenvalue weighted by Gasteiger charge is 2.08. The summed E-state index contributed by atoms with van der Waals surface area (Å²) in [6.07, 6.45) is 0. The normalized spacial score (nSPS) is 9.00. The van der Waals surface area contributed by atoms with Crippen molar-refractivity contribution in [3.8, 4) is 0 Å². The summed E-state index contributed by atoms with van der Waals surface area (Å²) >= 11 is 0. The molecule has 0 saturated heterocycles. The van der Waals surface area contributed by atoms with Gasteiger partial charge in [-0.1, -0.05) is 18.2 Å². The first-order valence-electron chi connectivity index (χ1n) is 4.31. The molecule has 1 rings (SSSR count). The van der Waals surface area contributed by atoms with Crippen molar-refractivity contribution in [2.24, 2.45) is 5.73 Å². The number of rotatable bonds is 1. The summed E-state index contributed by atoms with van der Waals surface area (Å²) in [7, 11) is 0. The third kappa shape index (κ3) is 4.09. The number of imide groups is 2. The van der Waals surface area contributed by atoms with Gasteiger partial charge in [-0.05, 0) is 12.1 Å². The Morgan fingerprint density at radius 2 is 1.56 bits per heavy atom. The molecule has 1 aromatic rings. The monoisotopic (exact) mass is 222 g/mol. The second-order valence-corrected chi connectivity index (χ2v) is 2.76. The van der Waals surface area contributed by atoms with E-state index in [0.29, 0.717) is 5.69 Å². The number of hydrogen-bond acceptors (Lipinski definition) is 3. The van der Waals surface area contributed by atoms with Crippen molar-refractivity contribution in [1.82, 2.24) is 10.6 Å². The van der Waals surface area contributed by atoms with E-state index >= 15 is 0 Å². The van der Waals surface area contributed by atoms with Gasteiger partial charge in [0.25, 0.3) is 0 Å². The van der Waals surface area contributed by atoms with Gasteiger partial charge in [0, 0.05) is 5.69 Å². The van der Waals surface area contributed by atoms with E-state index < -0.39 is 18.1 Å². The van der Waals surface area contributed by atoms with Crippen LogP contribution < -0.4 is 21.7 Å². The molecule has 0 aromatic heterocycles. The number of amides is 6. The van der Waals surface area contributed by atoms with Crippen molar-refractivity contribution in [2.75, 3.05) is 5.32 Å². The third-order valence-corrected chi connectivity index (χ3v) is 1.50. The minimum atomic E-state index is -1.04. The van der Waals surface area contributed by atoms with E-state index in [1.165, 1.54) is 0 Å². The van der Waals surface area contributed by atoms with E-state index in [9.17, 15) is 14.4 Å². The lowest BCUT2D eigenvalue weighted by atomic mass is 10.3. The molecule has 0 aliphatic heterocycles. The Morgan fingerprint density at radius 1 is 0.938 bits per heavy atom. The quantitative estimate of drug-likeness (QED) is 0.557. The van der Waals surface area contributed by atoms with Crippen molar-refractivity contribution in [3.63, 3.8) is 0 Å². The van der Waals surface area contributed by atoms with Crippen LogP contribution in [0, 0.1) is 0 Å². The van der Waals surface area contributed by atoms with Crippen LogP contribution in [0.25, 0.3) is 0 Å². The van der Waals surface area contributed by atoms with E-state index in [4.69, 9.17) is 0 Å². The molecule has 0 aliphatic carbocycles. The smallest absolute Gasteiger partial charge is 0.330 e. The molecule has 0 fully saturated rings. The number of benzene rings is 1. The summed E-state index contributed by atoms with van der Waals surface area (Å²) in [6.45, 7) is 0. The lowest BCUT2D eigenvalue weighted by Gasteiger charge is -2.05. The molecule has 16 heavy (non-hydrogen) atoms. The van der Waals surface area contributed by atoms with Gasteiger partial charge in [0.05, 0.1) is 0 Å². The summed E-state index contributed by atoms with van der Waals surface area (Å²) in [5, 5.41) is 5.93. The van der Waals surface area contributed by atoms with Gasteiger partial charge < -0.3 is 11.1 Å². The van der Waals surface area contributed by atoms with Gasteiger partial charge in [0.2, 0.25) is 0 Å². The fourth-order valence-electron chi connectivity index (χ4n) is 0.930. The molecular formula is C9H10N4O3. The molecule has 84 valence electrons. The van der Waals surface area contributed by atoms with Crippen LogP contribution in [-0.2, 0) is 0 Å². The topological polar surface area (TPSA) is 113 Å². The molecule has 0 bridgehead atoms. The van der Waals surface area contributed by atoms with Crippen LogP contribution in [0.2, 0.25) is 0 Å². The van der Waals surface area contributed by atoms with Gasteiger partial charge in [-0.25, -0.2) is 14.4 Å². The molecule has 6 amide bonds. The van der Waals surface area contributed by atoms with Crippen LogP contribution in [0.15, 0.2) is 30.3 Å². The molecule has 0 aliphatic rings. The third-order valence-electron chi connectivity index (χ3n) is 1.50. The molecular weight excluding hydrogens is 212 g/mol. The zero-order chi connectivity index (χ0) is 12.0. The lowest BCUT2D eigenvalue weighted by Crippen LogP contribution is -2.46. The Labute approximate surface area is 91.0 Å². The first kappa shape index (κ1) is 11.5. The molecule has 0 heterocycles. The number of para-hydroxylation sites is 1. The van der Waals surface area contributed by atoms with E-state index in [2.05, 4.69) is 11.1 Å². The first-order chi connectivity index (χ1) is 7.58. The Hall–Kier alpha value is -2.57. The van der Waals surface area contributed by atoms with Crippen molar-refractivity contribution in [2.45, 2.75) is 0 Å². The van der Waals surface area contributed by atoms with Gasteiger partial charge in [-0.2, -0.15) is 0 Å². The van der Waals surface area contributed by atoms with E-state index in [1.54, 1.807) is 35.6 Å². The minimum Gasteiger partial charge on any atom is -0.351 e.